The van der Waals surface area contributed by atoms with E-state index in [9.17, 15) is 4.79 Å². The van der Waals surface area contributed by atoms with Crippen molar-refractivity contribution in [1.29, 1.82) is 0 Å². The zero-order valence-electron chi connectivity index (χ0n) is 13.0. The molecule has 6 heteroatoms. The van der Waals surface area contributed by atoms with Crippen molar-refractivity contribution in [2.45, 2.75) is 19.4 Å². The highest BCUT2D eigenvalue weighted by Gasteiger charge is 2.25. The summed E-state index contributed by atoms with van der Waals surface area (Å²) in [7, 11) is 0. The van der Waals surface area contributed by atoms with Gasteiger partial charge in [0.05, 0.1) is 18.8 Å². The van der Waals surface area contributed by atoms with E-state index in [0.717, 1.165) is 38.4 Å². The molecule has 22 heavy (non-hydrogen) atoms. The van der Waals surface area contributed by atoms with E-state index in [1.807, 2.05) is 12.1 Å². The van der Waals surface area contributed by atoms with E-state index in [1.54, 1.807) is 6.20 Å². The van der Waals surface area contributed by atoms with Gasteiger partial charge in [0.1, 0.15) is 5.82 Å². The molecule has 2 N–H and O–H groups in total. The molecule has 0 spiro atoms. The summed E-state index contributed by atoms with van der Waals surface area (Å²) in [6.45, 7) is 7.00. The molecule has 3 rings (SSSR count). The number of carbonyl (C=O) groups is 1. The number of morpholine rings is 1. The molecule has 2 saturated heterocycles. The SMILES string of the molecule is CC1CNCCC1NC(=O)c1cccnc1N1CCOCC1. The highest BCUT2D eigenvalue weighted by Crippen LogP contribution is 2.19. The quantitative estimate of drug-likeness (QED) is 0.858. The molecule has 0 aliphatic carbocycles. The number of hydrogen-bond acceptors (Lipinski definition) is 5. The summed E-state index contributed by atoms with van der Waals surface area (Å²) in [5.74, 6) is 1.19. The largest absolute Gasteiger partial charge is 0.378 e. The number of piperidine rings is 1. The average Bonchev–Trinajstić information content (AvgIpc) is 2.58. The maximum atomic E-state index is 12.7. The number of anilines is 1. The number of carbonyl (C=O) groups excluding carboxylic acids is 1. The summed E-state index contributed by atoms with van der Waals surface area (Å²) >= 11 is 0. The van der Waals surface area contributed by atoms with E-state index in [-0.39, 0.29) is 11.9 Å². The molecule has 0 radical (unpaired) electrons. The molecule has 1 aromatic rings. The zero-order chi connectivity index (χ0) is 15.4. The maximum absolute atomic E-state index is 12.7. The number of nitrogens with one attached hydrogen (secondary N) is 2. The monoisotopic (exact) mass is 304 g/mol. The van der Waals surface area contributed by atoms with Gasteiger partial charge in [-0.05, 0) is 37.6 Å². The first-order valence-electron chi connectivity index (χ1n) is 8.05. The Labute approximate surface area is 131 Å². The lowest BCUT2D eigenvalue weighted by molar-refractivity contribution is 0.0912. The van der Waals surface area contributed by atoms with E-state index in [1.165, 1.54) is 0 Å². The minimum absolute atomic E-state index is 0.0201. The molecule has 0 bridgehead atoms. The Balaban J connectivity index is 1.74. The van der Waals surface area contributed by atoms with Crippen molar-refractivity contribution in [3.63, 3.8) is 0 Å². The van der Waals surface area contributed by atoms with Gasteiger partial charge in [-0.3, -0.25) is 4.79 Å². The van der Waals surface area contributed by atoms with Crippen molar-refractivity contribution >= 4 is 11.7 Å². The second-order valence-electron chi connectivity index (χ2n) is 6.02. The van der Waals surface area contributed by atoms with Crippen LogP contribution in [0, 0.1) is 5.92 Å². The first-order chi connectivity index (χ1) is 10.8. The van der Waals surface area contributed by atoms with Crippen LogP contribution >= 0.6 is 0 Å². The van der Waals surface area contributed by atoms with Gasteiger partial charge in [-0.25, -0.2) is 4.98 Å². The second-order valence-corrected chi connectivity index (χ2v) is 6.02. The van der Waals surface area contributed by atoms with Crippen LogP contribution in [0.25, 0.3) is 0 Å². The highest BCUT2D eigenvalue weighted by atomic mass is 16.5. The van der Waals surface area contributed by atoms with E-state index >= 15 is 0 Å². The number of rotatable bonds is 3. The zero-order valence-corrected chi connectivity index (χ0v) is 13.0. The molecule has 3 heterocycles. The molecule has 2 aliphatic heterocycles. The Bertz CT molecular complexity index is 517. The molecule has 2 atom stereocenters. The molecule has 1 amide bonds. The fourth-order valence-electron chi connectivity index (χ4n) is 3.08. The number of pyridine rings is 1. The lowest BCUT2D eigenvalue weighted by Gasteiger charge is -2.32. The number of hydrogen-bond donors (Lipinski definition) is 2. The third kappa shape index (κ3) is 3.39. The lowest BCUT2D eigenvalue weighted by atomic mass is 9.95. The van der Waals surface area contributed by atoms with Gasteiger partial charge in [0, 0.05) is 25.3 Å². The van der Waals surface area contributed by atoms with Crippen molar-refractivity contribution in [3.05, 3.63) is 23.9 Å². The van der Waals surface area contributed by atoms with Crippen LogP contribution in [-0.4, -0.2) is 56.3 Å². The second kappa shape index (κ2) is 7.07. The topological polar surface area (TPSA) is 66.5 Å². The van der Waals surface area contributed by atoms with Gasteiger partial charge in [0.2, 0.25) is 0 Å². The highest BCUT2D eigenvalue weighted by molar-refractivity contribution is 5.99. The molecule has 2 unspecified atom stereocenters. The smallest absolute Gasteiger partial charge is 0.255 e. The summed E-state index contributed by atoms with van der Waals surface area (Å²) in [6.07, 6.45) is 2.72. The van der Waals surface area contributed by atoms with Gasteiger partial charge < -0.3 is 20.3 Å². The van der Waals surface area contributed by atoms with Crippen LogP contribution in [0.15, 0.2) is 18.3 Å². The summed E-state index contributed by atoms with van der Waals surface area (Å²) in [5.41, 5.74) is 0.662. The molecule has 0 aromatic carbocycles. The first-order valence-corrected chi connectivity index (χ1v) is 8.05. The van der Waals surface area contributed by atoms with Gasteiger partial charge >= 0.3 is 0 Å². The number of amides is 1. The molecule has 0 saturated carbocycles. The fraction of sp³-hybridized carbons (Fsp3) is 0.625. The summed E-state index contributed by atoms with van der Waals surface area (Å²) < 4.78 is 5.38. The van der Waals surface area contributed by atoms with Crippen molar-refractivity contribution in [2.24, 2.45) is 5.92 Å². The Morgan fingerprint density at radius 2 is 2.27 bits per heavy atom. The molecule has 6 nitrogen and oxygen atoms in total. The van der Waals surface area contributed by atoms with Crippen LogP contribution in [0.4, 0.5) is 5.82 Å². The summed E-state index contributed by atoms with van der Waals surface area (Å²) in [5, 5.41) is 6.54. The Hall–Kier alpha value is -1.66. The Morgan fingerprint density at radius 3 is 3.05 bits per heavy atom. The molecular weight excluding hydrogens is 280 g/mol. The third-order valence-corrected chi connectivity index (χ3v) is 4.44. The molecular formula is C16H24N4O2. The minimum Gasteiger partial charge on any atom is -0.378 e. The maximum Gasteiger partial charge on any atom is 0.255 e. The fourth-order valence-corrected chi connectivity index (χ4v) is 3.08. The Kier molecular flexibility index (Phi) is 4.90. The predicted octanol–water partition coefficient (Wildman–Crippen LogP) is 0.646. The van der Waals surface area contributed by atoms with Gasteiger partial charge in [-0.2, -0.15) is 0 Å². The van der Waals surface area contributed by atoms with E-state index in [4.69, 9.17) is 4.74 Å². The van der Waals surface area contributed by atoms with Crippen molar-refractivity contribution < 1.29 is 9.53 Å². The standard InChI is InChI=1S/C16H24N4O2/c1-12-11-17-6-4-14(12)19-16(21)13-3-2-5-18-15(13)20-7-9-22-10-8-20/h2-3,5,12,14,17H,4,6-11H2,1H3,(H,19,21). The summed E-state index contributed by atoms with van der Waals surface area (Å²) in [4.78, 5) is 19.3. The third-order valence-electron chi connectivity index (χ3n) is 4.44. The first kappa shape index (κ1) is 15.2. The normalized spacial score (nSPS) is 25.8. The summed E-state index contributed by atoms with van der Waals surface area (Å²) in [6, 6.07) is 3.91. The van der Waals surface area contributed by atoms with Gasteiger partial charge in [0.25, 0.3) is 5.91 Å². The van der Waals surface area contributed by atoms with Crippen molar-refractivity contribution in [1.82, 2.24) is 15.6 Å². The minimum atomic E-state index is -0.0201. The van der Waals surface area contributed by atoms with Crippen molar-refractivity contribution in [3.8, 4) is 0 Å². The van der Waals surface area contributed by atoms with Crippen LogP contribution in [0.1, 0.15) is 23.7 Å². The average molecular weight is 304 g/mol. The number of ether oxygens (including phenoxy) is 1. The Morgan fingerprint density at radius 1 is 1.45 bits per heavy atom. The van der Waals surface area contributed by atoms with Crippen LogP contribution in [0.2, 0.25) is 0 Å². The van der Waals surface area contributed by atoms with Crippen LogP contribution < -0.4 is 15.5 Å². The van der Waals surface area contributed by atoms with E-state index in [0.29, 0.717) is 24.7 Å². The molecule has 2 aliphatic rings. The van der Waals surface area contributed by atoms with Gasteiger partial charge in [0.15, 0.2) is 0 Å². The van der Waals surface area contributed by atoms with Crippen molar-refractivity contribution in [2.75, 3.05) is 44.3 Å². The molecule has 120 valence electrons. The van der Waals surface area contributed by atoms with Crippen LogP contribution in [0.5, 0.6) is 0 Å². The van der Waals surface area contributed by atoms with E-state index < -0.39 is 0 Å². The van der Waals surface area contributed by atoms with Crippen LogP contribution in [-0.2, 0) is 4.74 Å². The van der Waals surface area contributed by atoms with Gasteiger partial charge in [-0.15, -0.1) is 0 Å². The van der Waals surface area contributed by atoms with Crippen LogP contribution in [0.3, 0.4) is 0 Å². The lowest BCUT2D eigenvalue weighted by Crippen LogP contribution is -2.48. The molecule has 1 aromatic heterocycles. The predicted molar refractivity (Wildman–Crippen MR) is 85.2 cm³/mol. The molecule has 2 fully saturated rings. The van der Waals surface area contributed by atoms with E-state index in [2.05, 4.69) is 27.4 Å². The number of aromatic nitrogens is 1. The number of nitrogens with zero attached hydrogens (tertiary/aromatic N) is 2. The van der Waals surface area contributed by atoms with Gasteiger partial charge in [-0.1, -0.05) is 6.92 Å².